The first-order valence-electron chi connectivity index (χ1n) is 7.04. The van der Waals surface area contributed by atoms with Crippen molar-refractivity contribution in [3.63, 3.8) is 0 Å². The monoisotopic (exact) mass is 281 g/mol. The summed E-state index contributed by atoms with van der Waals surface area (Å²) < 4.78 is 2.30. The third-order valence-corrected chi connectivity index (χ3v) is 4.31. The fraction of sp³-hybridized carbons (Fsp3) is 0.769. The predicted molar refractivity (Wildman–Crippen MR) is 77.9 cm³/mol. The Hall–Kier alpha value is -1.63. The molecule has 0 spiro atoms. The first-order chi connectivity index (χ1) is 9.47. The summed E-state index contributed by atoms with van der Waals surface area (Å²) in [7, 11) is 4.90. The van der Waals surface area contributed by atoms with Gasteiger partial charge < -0.3 is 10.6 Å². The number of anilines is 1. The SMILES string of the molecule is CN(c1nn(C)c(=O)n(C)c1=O)C1CCCCC1CN. The van der Waals surface area contributed by atoms with Crippen LogP contribution in [0.2, 0.25) is 0 Å². The minimum Gasteiger partial charge on any atom is -0.350 e. The number of aryl methyl sites for hydroxylation is 1. The van der Waals surface area contributed by atoms with Gasteiger partial charge in [0.1, 0.15) is 0 Å². The van der Waals surface area contributed by atoms with E-state index in [9.17, 15) is 9.59 Å². The number of nitrogens with zero attached hydrogens (tertiary/aromatic N) is 4. The molecule has 0 bridgehead atoms. The Morgan fingerprint density at radius 3 is 2.60 bits per heavy atom. The first-order valence-corrected chi connectivity index (χ1v) is 7.04. The molecule has 1 aliphatic carbocycles. The molecule has 0 aliphatic heterocycles. The first kappa shape index (κ1) is 14.8. The lowest BCUT2D eigenvalue weighted by atomic mass is 9.84. The van der Waals surface area contributed by atoms with Crippen molar-refractivity contribution in [2.24, 2.45) is 25.7 Å². The van der Waals surface area contributed by atoms with Crippen LogP contribution in [0.4, 0.5) is 5.82 Å². The molecule has 2 unspecified atom stereocenters. The van der Waals surface area contributed by atoms with E-state index in [2.05, 4.69) is 5.10 Å². The highest BCUT2D eigenvalue weighted by Crippen LogP contribution is 2.28. The standard InChI is InChI=1S/C13H23N5O2/c1-16(10-7-5-4-6-9(10)8-14)11-12(19)17(2)13(20)18(3)15-11/h9-10H,4-8,14H2,1-3H3. The number of rotatable bonds is 3. The molecule has 2 N–H and O–H groups in total. The van der Waals surface area contributed by atoms with Gasteiger partial charge in [-0.3, -0.25) is 9.36 Å². The maximum absolute atomic E-state index is 12.2. The van der Waals surface area contributed by atoms with Gasteiger partial charge in [-0.05, 0) is 25.3 Å². The highest BCUT2D eigenvalue weighted by atomic mass is 16.2. The molecular formula is C13H23N5O2. The number of nitrogens with two attached hydrogens (primary N) is 1. The van der Waals surface area contributed by atoms with Crippen LogP contribution in [0.1, 0.15) is 25.7 Å². The van der Waals surface area contributed by atoms with Crippen molar-refractivity contribution in [1.29, 1.82) is 0 Å². The highest BCUT2D eigenvalue weighted by molar-refractivity contribution is 5.35. The zero-order valence-electron chi connectivity index (χ0n) is 12.4. The molecule has 2 rings (SSSR count). The van der Waals surface area contributed by atoms with Crippen LogP contribution in [0.15, 0.2) is 9.59 Å². The van der Waals surface area contributed by atoms with Gasteiger partial charge >= 0.3 is 5.69 Å². The Kier molecular flexibility index (Phi) is 4.27. The van der Waals surface area contributed by atoms with Crippen molar-refractivity contribution in [1.82, 2.24) is 14.3 Å². The summed E-state index contributed by atoms with van der Waals surface area (Å²) in [6, 6.07) is 0.214. The lowest BCUT2D eigenvalue weighted by Crippen LogP contribution is -2.48. The van der Waals surface area contributed by atoms with E-state index in [0.29, 0.717) is 18.3 Å². The van der Waals surface area contributed by atoms with Crippen LogP contribution >= 0.6 is 0 Å². The van der Waals surface area contributed by atoms with Crippen LogP contribution < -0.4 is 21.9 Å². The van der Waals surface area contributed by atoms with Crippen LogP contribution in [0.25, 0.3) is 0 Å². The second kappa shape index (κ2) is 5.78. The minimum atomic E-state index is -0.411. The Labute approximate surface area is 118 Å². The van der Waals surface area contributed by atoms with E-state index in [1.54, 1.807) is 7.05 Å². The third-order valence-electron chi connectivity index (χ3n) is 4.31. The van der Waals surface area contributed by atoms with Gasteiger partial charge in [-0.2, -0.15) is 0 Å². The molecule has 1 saturated carbocycles. The van der Waals surface area contributed by atoms with E-state index in [4.69, 9.17) is 5.73 Å². The molecule has 0 saturated heterocycles. The van der Waals surface area contributed by atoms with Gasteiger partial charge in [0.25, 0.3) is 5.56 Å². The number of hydrogen-bond acceptors (Lipinski definition) is 5. The normalized spacial score (nSPS) is 22.8. The molecule has 1 aliphatic rings. The second-order valence-electron chi connectivity index (χ2n) is 5.55. The lowest BCUT2D eigenvalue weighted by Gasteiger charge is -2.37. The molecule has 1 aromatic heterocycles. The van der Waals surface area contributed by atoms with Crippen molar-refractivity contribution in [3.05, 3.63) is 20.8 Å². The smallest absolute Gasteiger partial charge is 0.346 e. The van der Waals surface area contributed by atoms with Gasteiger partial charge in [-0.15, -0.1) is 5.10 Å². The zero-order valence-corrected chi connectivity index (χ0v) is 12.4. The largest absolute Gasteiger partial charge is 0.350 e. The van der Waals surface area contributed by atoms with Crippen molar-refractivity contribution in [2.45, 2.75) is 31.7 Å². The van der Waals surface area contributed by atoms with Crippen LogP contribution in [-0.2, 0) is 14.1 Å². The quantitative estimate of drug-likeness (QED) is 0.802. The Morgan fingerprint density at radius 2 is 1.95 bits per heavy atom. The average molecular weight is 281 g/mol. The van der Waals surface area contributed by atoms with Gasteiger partial charge in [0.05, 0.1) is 0 Å². The Bertz CT molecular complexity index is 591. The lowest BCUT2D eigenvalue weighted by molar-refractivity contribution is 0.304. The predicted octanol–water partition coefficient (Wildman–Crippen LogP) is -0.567. The summed E-state index contributed by atoms with van der Waals surface area (Å²) in [5, 5.41) is 4.13. The van der Waals surface area contributed by atoms with Gasteiger partial charge in [-0.25, -0.2) is 9.48 Å². The molecular weight excluding hydrogens is 258 g/mol. The van der Waals surface area contributed by atoms with E-state index in [1.807, 2.05) is 11.9 Å². The van der Waals surface area contributed by atoms with Crippen molar-refractivity contribution < 1.29 is 0 Å². The average Bonchev–Trinajstić information content (AvgIpc) is 2.48. The summed E-state index contributed by atoms with van der Waals surface area (Å²) in [5.74, 6) is 0.692. The van der Waals surface area contributed by atoms with E-state index in [0.717, 1.165) is 23.8 Å². The topological polar surface area (TPSA) is 86.2 Å². The van der Waals surface area contributed by atoms with Gasteiger partial charge in [0.2, 0.25) is 5.82 Å². The summed E-state index contributed by atoms with van der Waals surface area (Å²) in [6.45, 7) is 0.612. The zero-order chi connectivity index (χ0) is 14.9. The van der Waals surface area contributed by atoms with Crippen molar-refractivity contribution >= 4 is 5.82 Å². The van der Waals surface area contributed by atoms with Crippen molar-refractivity contribution in [3.8, 4) is 0 Å². The van der Waals surface area contributed by atoms with Crippen LogP contribution in [0, 0.1) is 5.92 Å². The van der Waals surface area contributed by atoms with E-state index < -0.39 is 5.69 Å². The molecule has 2 atom stereocenters. The number of hydrogen-bond donors (Lipinski definition) is 1. The second-order valence-corrected chi connectivity index (χ2v) is 5.55. The number of aromatic nitrogens is 3. The minimum absolute atomic E-state index is 0.214. The molecule has 1 heterocycles. The highest BCUT2D eigenvalue weighted by Gasteiger charge is 2.29. The molecule has 112 valence electrons. The maximum Gasteiger partial charge on any atom is 0.346 e. The summed E-state index contributed by atoms with van der Waals surface area (Å²) in [5.41, 5.74) is 5.08. The van der Waals surface area contributed by atoms with Gasteiger partial charge in [-0.1, -0.05) is 12.8 Å². The molecule has 0 radical (unpaired) electrons. The molecule has 0 amide bonds. The molecule has 0 aromatic carbocycles. The van der Waals surface area contributed by atoms with Crippen LogP contribution in [0.3, 0.4) is 0 Å². The fourth-order valence-electron chi connectivity index (χ4n) is 3.03. The summed E-state index contributed by atoms with van der Waals surface area (Å²) in [6.07, 6.45) is 4.41. The van der Waals surface area contributed by atoms with E-state index in [-0.39, 0.29) is 11.6 Å². The van der Waals surface area contributed by atoms with Crippen molar-refractivity contribution in [2.75, 3.05) is 18.5 Å². The van der Waals surface area contributed by atoms with Crippen LogP contribution in [0.5, 0.6) is 0 Å². The van der Waals surface area contributed by atoms with Crippen LogP contribution in [-0.4, -0.2) is 34.0 Å². The summed E-state index contributed by atoms with van der Waals surface area (Å²) in [4.78, 5) is 25.8. The van der Waals surface area contributed by atoms with Gasteiger partial charge in [0.15, 0.2) is 0 Å². The third kappa shape index (κ3) is 2.49. The molecule has 1 aromatic rings. The fourth-order valence-corrected chi connectivity index (χ4v) is 3.03. The van der Waals surface area contributed by atoms with E-state index >= 15 is 0 Å². The maximum atomic E-state index is 12.2. The Morgan fingerprint density at radius 1 is 1.30 bits per heavy atom. The summed E-state index contributed by atoms with van der Waals surface area (Å²) >= 11 is 0. The van der Waals surface area contributed by atoms with Gasteiger partial charge in [0, 0.05) is 27.2 Å². The molecule has 7 nitrogen and oxygen atoms in total. The molecule has 20 heavy (non-hydrogen) atoms. The molecule has 1 fully saturated rings. The molecule has 7 heteroatoms. The Balaban J connectivity index is 2.40. The van der Waals surface area contributed by atoms with E-state index in [1.165, 1.54) is 18.2 Å².